The van der Waals surface area contributed by atoms with E-state index in [1.54, 1.807) is 41.9 Å². The molecule has 0 aliphatic rings. The van der Waals surface area contributed by atoms with Gasteiger partial charge in [0.25, 0.3) is 0 Å². The van der Waals surface area contributed by atoms with Gasteiger partial charge in [0, 0.05) is 32.5 Å². The van der Waals surface area contributed by atoms with Gasteiger partial charge in [-0.15, -0.1) is 11.3 Å². The van der Waals surface area contributed by atoms with Gasteiger partial charge in [-0.1, -0.05) is 6.07 Å². The third-order valence-corrected chi connectivity index (χ3v) is 4.82. The molecule has 7 heteroatoms. The normalized spacial score (nSPS) is 12.0. The molecular weight excluding hydrogens is 306 g/mol. The number of nitrogens with zero attached hydrogens (tertiary/aromatic N) is 1. The molecule has 21 heavy (non-hydrogen) atoms. The van der Waals surface area contributed by atoms with Crippen molar-refractivity contribution in [2.45, 2.75) is 25.3 Å². The van der Waals surface area contributed by atoms with Crippen molar-refractivity contribution in [1.29, 1.82) is 0 Å². The quantitative estimate of drug-likeness (QED) is 0.909. The molecule has 0 spiro atoms. The van der Waals surface area contributed by atoms with Crippen molar-refractivity contribution in [2.75, 3.05) is 11.6 Å². The molecule has 0 bridgehead atoms. The van der Waals surface area contributed by atoms with Crippen LogP contribution in [-0.4, -0.2) is 21.5 Å². The van der Waals surface area contributed by atoms with Crippen molar-refractivity contribution in [3.63, 3.8) is 0 Å². The maximum Gasteiger partial charge on any atom is 0.319 e. The maximum absolute atomic E-state index is 11.9. The number of hydrogen-bond donors (Lipinski definition) is 2. The summed E-state index contributed by atoms with van der Waals surface area (Å²) >= 11 is 1.58. The Hall–Kier alpha value is -1.73. The van der Waals surface area contributed by atoms with Gasteiger partial charge >= 0.3 is 6.03 Å². The zero-order valence-corrected chi connectivity index (χ0v) is 13.7. The predicted molar refractivity (Wildman–Crippen MR) is 86.2 cm³/mol. The molecule has 0 radical (unpaired) electrons. The van der Waals surface area contributed by atoms with Gasteiger partial charge in [0.2, 0.25) is 0 Å². The monoisotopic (exact) mass is 323 g/mol. The minimum absolute atomic E-state index is 0.292. The Morgan fingerprint density at radius 3 is 2.76 bits per heavy atom. The number of carbonyl (C=O) groups excluding carboxylic acids is 1. The van der Waals surface area contributed by atoms with Crippen molar-refractivity contribution in [3.05, 3.63) is 39.8 Å². The zero-order chi connectivity index (χ0) is 15.4. The Bertz CT molecular complexity index is 683. The number of aromatic nitrogens is 1. The standard InChI is InChI=1S/C14H17N3O2S2/c1-9-13(20-10(2)16-9)8-15-14(18)17-11-5-4-6-12(7-11)21(3)19/h4-7H,8H2,1-3H3,(H2,15,17,18). The van der Waals surface area contributed by atoms with Crippen LogP contribution in [0.1, 0.15) is 15.6 Å². The van der Waals surface area contributed by atoms with Crippen molar-refractivity contribution >= 4 is 33.9 Å². The Kier molecular flexibility index (Phi) is 5.08. The number of rotatable bonds is 4. The van der Waals surface area contributed by atoms with E-state index in [-0.39, 0.29) is 6.03 Å². The maximum atomic E-state index is 11.9. The molecule has 1 aromatic heterocycles. The molecule has 2 aromatic rings. The highest BCUT2D eigenvalue weighted by atomic mass is 32.2. The average Bonchev–Trinajstić information content (AvgIpc) is 2.75. The van der Waals surface area contributed by atoms with Crippen LogP contribution in [0.2, 0.25) is 0 Å². The van der Waals surface area contributed by atoms with Crippen LogP contribution in [0, 0.1) is 13.8 Å². The predicted octanol–water partition coefficient (Wildman–Crippen LogP) is 2.82. The number of carbonyl (C=O) groups is 1. The van der Waals surface area contributed by atoms with Crippen LogP contribution in [0.4, 0.5) is 10.5 Å². The fourth-order valence-electron chi connectivity index (χ4n) is 1.83. The van der Waals surface area contributed by atoms with Crippen LogP contribution in [0.15, 0.2) is 29.2 Å². The van der Waals surface area contributed by atoms with Gasteiger partial charge in [-0.3, -0.25) is 4.21 Å². The minimum atomic E-state index is -1.07. The van der Waals surface area contributed by atoms with Crippen LogP contribution in [0.5, 0.6) is 0 Å². The van der Waals surface area contributed by atoms with Gasteiger partial charge in [-0.2, -0.15) is 0 Å². The Balaban J connectivity index is 1.94. The van der Waals surface area contributed by atoms with E-state index in [4.69, 9.17) is 0 Å². The minimum Gasteiger partial charge on any atom is -0.333 e. The first-order valence-corrected chi connectivity index (χ1v) is 8.74. The molecule has 1 unspecified atom stereocenters. The van der Waals surface area contributed by atoms with Crippen LogP contribution >= 0.6 is 11.3 Å². The molecule has 0 saturated carbocycles. The Labute approximate surface area is 130 Å². The van der Waals surface area contributed by atoms with E-state index in [2.05, 4.69) is 15.6 Å². The summed E-state index contributed by atoms with van der Waals surface area (Å²) in [4.78, 5) is 17.9. The van der Waals surface area contributed by atoms with Crippen molar-refractivity contribution < 1.29 is 9.00 Å². The molecule has 0 fully saturated rings. The first kappa shape index (κ1) is 15.7. The fourth-order valence-corrected chi connectivity index (χ4v) is 3.27. The van der Waals surface area contributed by atoms with E-state index in [9.17, 15) is 9.00 Å². The molecule has 1 aromatic carbocycles. The molecule has 0 aliphatic carbocycles. The molecular formula is C14H17N3O2S2. The fraction of sp³-hybridized carbons (Fsp3) is 0.286. The molecule has 0 aliphatic heterocycles. The van der Waals surface area contributed by atoms with Crippen LogP contribution < -0.4 is 10.6 Å². The Morgan fingerprint density at radius 2 is 2.14 bits per heavy atom. The molecule has 0 saturated heterocycles. The van der Waals surface area contributed by atoms with E-state index in [0.717, 1.165) is 15.6 Å². The SMILES string of the molecule is Cc1nc(C)c(CNC(=O)Nc2cccc(S(C)=O)c2)s1. The van der Waals surface area contributed by atoms with E-state index in [1.165, 1.54) is 0 Å². The van der Waals surface area contributed by atoms with Crippen molar-refractivity contribution in [1.82, 2.24) is 10.3 Å². The summed E-state index contributed by atoms with van der Waals surface area (Å²) in [6.45, 7) is 4.32. The first-order chi connectivity index (χ1) is 9.95. The van der Waals surface area contributed by atoms with Crippen molar-refractivity contribution in [3.8, 4) is 0 Å². The highest BCUT2D eigenvalue weighted by Gasteiger charge is 2.07. The summed E-state index contributed by atoms with van der Waals surface area (Å²) in [6, 6.07) is 6.71. The Morgan fingerprint density at radius 1 is 1.38 bits per heavy atom. The van der Waals surface area contributed by atoms with Crippen molar-refractivity contribution in [2.24, 2.45) is 0 Å². The van der Waals surface area contributed by atoms with E-state index in [1.807, 2.05) is 13.8 Å². The number of amides is 2. The summed E-state index contributed by atoms with van der Waals surface area (Å²) in [6.07, 6.45) is 1.61. The topological polar surface area (TPSA) is 71.1 Å². The number of anilines is 1. The lowest BCUT2D eigenvalue weighted by atomic mass is 10.3. The summed E-state index contributed by atoms with van der Waals surface area (Å²) in [5.41, 5.74) is 1.57. The van der Waals surface area contributed by atoms with E-state index >= 15 is 0 Å². The second-order valence-corrected chi connectivity index (χ2v) is 7.20. The largest absolute Gasteiger partial charge is 0.333 e. The second kappa shape index (κ2) is 6.82. The van der Waals surface area contributed by atoms with Crippen LogP contribution in [0.25, 0.3) is 0 Å². The molecule has 1 heterocycles. The second-order valence-electron chi connectivity index (χ2n) is 4.53. The molecule has 5 nitrogen and oxygen atoms in total. The zero-order valence-electron chi connectivity index (χ0n) is 12.1. The third kappa shape index (κ3) is 4.37. The lowest BCUT2D eigenvalue weighted by Gasteiger charge is -2.08. The summed E-state index contributed by atoms with van der Waals surface area (Å²) in [7, 11) is -1.07. The number of aryl methyl sites for hydroxylation is 2. The number of benzene rings is 1. The molecule has 2 N–H and O–H groups in total. The van der Waals surface area contributed by atoms with Gasteiger partial charge in [0.15, 0.2) is 0 Å². The van der Waals surface area contributed by atoms with Crippen LogP contribution in [-0.2, 0) is 17.3 Å². The number of hydrogen-bond acceptors (Lipinski definition) is 4. The number of urea groups is 1. The lowest BCUT2D eigenvalue weighted by Crippen LogP contribution is -2.28. The molecule has 2 rings (SSSR count). The van der Waals surface area contributed by atoms with Gasteiger partial charge in [-0.05, 0) is 32.0 Å². The number of nitrogens with one attached hydrogen (secondary N) is 2. The third-order valence-electron chi connectivity index (χ3n) is 2.83. The summed E-state index contributed by atoms with van der Waals surface area (Å²) in [5, 5.41) is 6.52. The highest BCUT2D eigenvalue weighted by molar-refractivity contribution is 7.84. The van der Waals surface area contributed by atoms with Gasteiger partial charge in [0.1, 0.15) is 0 Å². The number of thiazole rings is 1. The summed E-state index contributed by atoms with van der Waals surface area (Å²) < 4.78 is 11.4. The van der Waals surface area contributed by atoms with Gasteiger partial charge in [0.05, 0.1) is 17.2 Å². The lowest BCUT2D eigenvalue weighted by molar-refractivity contribution is 0.252. The van der Waals surface area contributed by atoms with Gasteiger partial charge in [-0.25, -0.2) is 9.78 Å². The smallest absolute Gasteiger partial charge is 0.319 e. The molecule has 112 valence electrons. The van der Waals surface area contributed by atoms with E-state index < -0.39 is 10.8 Å². The average molecular weight is 323 g/mol. The highest BCUT2D eigenvalue weighted by Crippen LogP contribution is 2.17. The summed E-state index contributed by atoms with van der Waals surface area (Å²) in [5.74, 6) is 0. The molecule has 1 atom stereocenters. The molecule has 2 amide bonds. The van der Waals surface area contributed by atoms with Gasteiger partial charge < -0.3 is 10.6 Å². The van der Waals surface area contributed by atoms with E-state index in [0.29, 0.717) is 17.1 Å². The van der Waals surface area contributed by atoms with Crippen LogP contribution in [0.3, 0.4) is 0 Å². The first-order valence-electron chi connectivity index (χ1n) is 6.37.